The minimum Gasteiger partial charge on any atom is -0.425 e. The highest BCUT2D eigenvalue weighted by Gasteiger charge is 2.33. The Kier molecular flexibility index (Phi) is 5.26. The molecule has 0 saturated heterocycles. The summed E-state index contributed by atoms with van der Waals surface area (Å²) in [6, 6.07) is 27.0. The highest BCUT2D eigenvalue weighted by Crippen LogP contribution is 2.27. The highest BCUT2D eigenvalue weighted by atomic mass is 32.2. The Morgan fingerprint density at radius 3 is 2.18 bits per heavy atom. The maximum atomic E-state index is 13.1. The van der Waals surface area contributed by atoms with Crippen LogP contribution in [0.5, 0.6) is 5.75 Å². The van der Waals surface area contributed by atoms with Gasteiger partial charge in [-0.25, -0.2) is 4.90 Å². The van der Waals surface area contributed by atoms with E-state index in [1.807, 2.05) is 91.2 Å². The quantitative estimate of drug-likeness (QED) is 0.455. The number of hydrogen-bond donors (Lipinski definition) is 0. The van der Waals surface area contributed by atoms with E-state index in [0.717, 1.165) is 10.5 Å². The van der Waals surface area contributed by atoms with Gasteiger partial charge in [-0.2, -0.15) is 4.99 Å². The highest BCUT2D eigenvalue weighted by molar-refractivity contribution is 7.98. The Morgan fingerprint density at radius 1 is 0.893 bits per heavy atom. The number of ether oxygens (including phenoxy) is 1. The van der Waals surface area contributed by atoms with Gasteiger partial charge in [-0.05, 0) is 54.3 Å². The molecule has 0 bridgehead atoms. The van der Waals surface area contributed by atoms with E-state index in [0.29, 0.717) is 17.1 Å². The van der Waals surface area contributed by atoms with Crippen LogP contribution in [-0.2, 0) is 4.79 Å². The molecule has 0 aromatic heterocycles. The van der Waals surface area contributed by atoms with Crippen molar-refractivity contribution in [2.45, 2.75) is 4.90 Å². The van der Waals surface area contributed by atoms with Crippen LogP contribution >= 0.6 is 11.8 Å². The van der Waals surface area contributed by atoms with E-state index in [1.165, 1.54) is 4.90 Å². The summed E-state index contributed by atoms with van der Waals surface area (Å²) in [4.78, 5) is 20.2. The van der Waals surface area contributed by atoms with Crippen molar-refractivity contribution in [2.75, 3.05) is 11.2 Å². The Labute approximate surface area is 168 Å². The van der Waals surface area contributed by atoms with Gasteiger partial charge in [0.2, 0.25) is 0 Å². The molecule has 4 rings (SSSR count). The van der Waals surface area contributed by atoms with Gasteiger partial charge in [0.15, 0.2) is 0 Å². The fourth-order valence-electron chi connectivity index (χ4n) is 2.83. The topological polar surface area (TPSA) is 41.9 Å². The number of rotatable bonds is 4. The lowest BCUT2D eigenvalue weighted by Crippen LogP contribution is -2.35. The van der Waals surface area contributed by atoms with Gasteiger partial charge in [-0.1, -0.05) is 48.5 Å². The number of carbonyl (C=O) groups excluding carboxylic acids is 1. The second kappa shape index (κ2) is 8.15. The van der Waals surface area contributed by atoms with E-state index in [9.17, 15) is 4.79 Å². The molecule has 5 heteroatoms. The van der Waals surface area contributed by atoms with Crippen LogP contribution in [0.3, 0.4) is 0 Å². The number of hydrogen-bond acceptors (Lipinski definition) is 4. The largest absolute Gasteiger partial charge is 0.425 e. The zero-order chi connectivity index (χ0) is 19.3. The smallest absolute Gasteiger partial charge is 0.310 e. The number of benzene rings is 3. The Morgan fingerprint density at radius 2 is 1.54 bits per heavy atom. The average Bonchev–Trinajstić information content (AvgIpc) is 3.04. The molecule has 3 aromatic rings. The molecule has 0 N–H and O–H groups in total. The van der Waals surface area contributed by atoms with Crippen LogP contribution in [0.2, 0.25) is 0 Å². The Balaban J connectivity index is 1.70. The van der Waals surface area contributed by atoms with Crippen LogP contribution in [0, 0.1) is 0 Å². The summed E-state index contributed by atoms with van der Waals surface area (Å²) in [5, 5.41) is 0. The monoisotopic (exact) mass is 386 g/mol. The molecule has 1 aliphatic heterocycles. The van der Waals surface area contributed by atoms with Crippen LogP contribution < -0.4 is 9.64 Å². The van der Waals surface area contributed by atoms with Crippen molar-refractivity contribution in [2.24, 2.45) is 4.99 Å². The lowest BCUT2D eigenvalue weighted by Gasteiger charge is -2.18. The Hall–Kier alpha value is -3.31. The summed E-state index contributed by atoms with van der Waals surface area (Å²) in [7, 11) is 0. The molecule has 138 valence electrons. The summed E-state index contributed by atoms with van der Waals surface area (Å²) in [5.74, 6) is 0.414. The molecule has 0 aliphatic carbocycles. The molecule has 0 atom stereocenters. The summed E-state index contributed by atoms with van der Waals surface area (Å²) in [5.41, 5.74) is 1.96. The van der Waals surface area contributed by atoms with Gasteiger partial charge < -0.3 is 4.74 Å². The summed E-state index contributed by atoms with van der Waals surface area (Å²) < 4.78 is 5.99. The van der Waals surface area contributed by atoms with Crippen molar-refractivity contribution in [3.8, 4) is 5.75 Å². The fourth-order valence-corrected chi connectivity index (χ4v) is 3.23. The second-order valence-corrected chi connectivity index (χ2v) is 6.97. The fraction of sp³-hybridized carbons (Fsp3) is 0.0435. The average molecular weight is 386 g/mol. The van der Waals surface area contributed by atoms with Crippen molar-refractivity contribution < 1.29 is 9.53 Å². The maximum absolute atomic E-state index is 13.1. The number of para-hydroxylation sites is 1. The second-order valence-electron chi connectivity index (χ2n) is 6.09. The van der Waals surface area contributed by atoms with Crippen molar-refractivity contribution in [1.29, 1.82) is 0 Å². The third-order valence-corrected chi connectivity index (χ3v) is 4.96. The molecule has 1 heterocycles. The molecule has 1 amide bonds. The van der Waals surface area contributed by atoms with Gasteiger partial charge in [-0.3, -0.25) is 4.79 Å². The molecular formula is C23H18N2O2S. The van der Waals surface area contributed by atoms with E-state index in [-0.39, 0.29) is 11.9 Å². The molecule has 28 heavy (non-hydrogen) atoms. The summed E-state index contributed by atoms with van der Waals surface area (Å²) in [6.07, 6.45) is 3.79. The summed E-state index contributed by atoms with van der Waals surface area (Å²) >= 11 is 1.66. The number of carbonyl (C=O) groups is 1. The molecule has 3 aromatic carbocycles. The predicted molar refractivity (Wildman–Crippen MR) is 115 cm³/mol. The van der Waals surface area contributed by atoms with Crippen LogP contribution in [0.4, 0.5) is 5.69 Å². The van der Waals surface area contributed by atoms with Crippen molar-refractivity contribution in [1.82, 2.24) is 0 Å². The number of thioether (sulfide) groups is 1. The van der Waals surface area contributed by atoms with Gasteiger partial charge in [0.05, 0.1) is 5.69 Å². The lowest BCUT2D eigenvalue weighted by atomic mass is 10.2. The van der Waals surface area contributed by atoms with Crippen LogP contribution in [0.15, 0.2) is 101 Å². The standard InChI is InChI=1S/C23H18N2O2S/c1-28-20-14-12-19(13-15-20)27-23-24-21(16-17-8-4-2-5-9-17)22(26)25(23)18-10-6-3-7-11-18/h2-16H,1H3. The van der Waals surface area contributed by atoms with E-state index >= 15 is 0 Å². The zero-order valence-corrected chi connectivity index (χ0v) is 16.1. The molecule has 0 fully saturated rings. The number of aliphatic imine (C=N–C) groups is 1. The van der Waals surface area contributed by atoms with Crippen molar-refractivity contribution >= 4 is 35.5 Å². The number of nitrogens with zero attached hydrogens (tertiary/aromatic N) is 2. The SMILES string of the molecule is CSc1ccc(OC2=NC(=Cc3ccccc3)C(=O)N2c2ccccc2)cc1. The number of amides is 1. The van der Waals surface area contributed by atoms with E-state index in [2.05, 4.69) is 4.99 Å². The zero-order valence-electron chi connectivity index (χ0n) is 15.3. The predicted octanol–water partition coefficient (Wildman–Crippen LogP) is 5.23. The molecule has 0 radical (unpaired) electrons. The molecule has 4 nitrogen and oxygen atoms in total. The van der Waals surface area contributed by atoms with Gasteiger partial charge in [-0.15, -0.1) is 11.8 Å². The van der Waals surface area contributed by atoms with Gasteiger partial charge in [0, 0.05) is 4.90 Å². The lowest BCUT2D eigenvalue weighted by molar-refractivity contribution is -0.113. The number of anilines is 1. The third-order valence-electron chi connectivity index (χ3n) is 4.22. The minimum absolute atomic E-state index is 0.217. The first-order valence-corrected chi connectivity index (χ1v) is 10.0. The van der Waals surface area contributed by atoms with Gasteiger partial charge in [0.1, 0.15) is 11.4 Å². The molecule has 1 aliphatic rings. The normalized spacial score (nSPS) is 15.0. The first-order chi connectivity index (χ1) is 13.7. The molecule has 0 unspecified atom stereocenters. The third kappa shape index (κ3) is 3.85. The number of amidine groups is 1. The first kappa shape index (κ1) is 18.1. The van der Waals surface area contributed by atoms with Crippen LogP contribution in [-0.4, -0.2) is 18.2 Å². The van der Waals surface area contributed by atoms with E-state index in [1.54, 1.807) is 17.8 Å². The summed E-state index contributed by atoms with van der Waals surface area (Å²) in [6.45, 7) is 0. The van der Waals surface area contributed by atoms with Crippen molar-refractivity contribution in [3.63, 3.8) is 0 Å². The molecular weight excluding hydrogens is 368 g/mol. The van der Waals surface area contributed by atoms with Gasteiger partial charge >= 0.3 is 6.02 Å². The minimum atomic E-state index is -0.217. The van der Waals surface area contributed by atoms with E-state index < -0.39 is 0 Å². The molecule has 0 spiro atoms. The van der Waals surface area contributed by atoms with E-state index in [4.69, 9.17) is 4.74 Å². The molecule has 0 saturated carbocycles. The first-order valence-electron chi connectivity index (χ1n) is 8.81. The van der Waals surface area contributed by atoms with Crippen LogP contribution in [0.25, 0.3) is 6.08 Å². The maximum Gasteiger partial charge on any atom is 0.310 e. The van der Waals surface area contributed by atoms with Gasteiger partial charge in [0.25, 0.3) is 5.91 Å². The van der Waals surface area contributed by atoms with Crippen molar-refractivity contribution in [3.05, 3.63) is 96.2 Å². The Bertz CT molecular complexity index is 1030. The van der Waals surface area contributed by atoms with Crippen LogP contribution in [0.1, 0.15) is 5.56 Å².